The Bertz CT molecular complexity index is 1270. The summed E-state index contributed by atoms with van der Waals surface area (Å²) >= 11 is 0. The summed E-state index contributed by atoms with van der Waals surface area (Å²) in [4.78, 5) is 24.6. The van der Waals surface area contributed by atoms with E-state index in [2.05, 4.69) is 31.3 Å². The highest BCUT2D eigenvalue weighted by molar-refractivity contribution is 5.76. The molecule has 480 valence electrons. The molecule has 0 aromatic heterocycles. The lowest BCUT2D eigenvalue weighted by atomic mass is 10.0. The molecule has 0 rings (SSSR count). The average molecular weight is 1140 g/mol. The van der Waals surface area contributed by atoms with E-state index >= 15 is 0 Å². The Balaban J connectivity index is 3.39. The van der Waals surface area contributed by atoms with Crippen molar-refractivity contribution < 1.29 is 24.5 Å². The molecule has 2 atom stereocenters. The first kappa shape index (κ1) is 79.3. The van der Waals surface area contributed by atoms with Crippen LogP contribution in [-0.4, -0.2) is 47.4 Å². The lowest BCUT2D eigenvalue weighted by Gasteiger charge is -2.20. The van der Waals surface area contributed by atoms with Gasteiger partial charge in [-0.15, -0.1) is 0 Å². The average Bonchev–Trinajstić information content (AvgIpc) is 3.47. The van der Waals surface area contributed by atoms with Crippen LogP contribution in [0, 0.1) is 0 Å². The molecule has 0 heterocycles. The third-order valence-corrected chi connectivity index (χ3v) is 17.5. The minimum Gasteiger partial charge on any atom is -0.466 e. The van der Waals surface area contributed by atoms with Gasteiger partial charge >= 0.3 is 5.97 Å². The van der Waals surface area contributed by atoms with E-state index in [-0.39, 0.29) is 18.5 Å². The summed E-state index contributed by atoms with van der Waals surface area (Å²) in [6, 6.07) is -0.628. The molecule has 0 aliphatic carbocycles. The third-order valence-electron chi connectivity index (χ3n) is 17.5. The van der Waals surface area contributed by atoms with Crippen molar-refractivity contribution >= 4 is 11.9 Å². The van der Waals surface area contributed by atoms with E-state index in [1.807, 2.05) is 6.08 Å². The lowest BCUT2D eigenvalue weighted by Crippen LogP contribution is -2.45. The van der Waals surface area contributed by atoms with Crippen LogP contribution in [0.25, 0.3) is 0 Å². The van der Waals surface area contributed by atoms with Crippen molar-refractivity contribution in [2.45, 2.75) is 431 Å². The highest BCUT2D eigenvalue weighted by Crippen LogP contribution is 2.19. The van der Waals surface area contributed by atoms with Crippen LogP contribution in [0.3, 0.4) is 0 Å². The maximum atomic E-state index is 12.5. The van der Waals surface area contributed by atoms with Gasteiger partial charge in [0.2, 0.25) is 5.91 Å². The number of hydrogen-bond donors (Lipinski definition) is 3. The van der Waals surface area contributed by atoms with Crippen molar-refractivity contribution in [1.29, 1.82) is 0 Å². The second kappa shape index (κ2) is 70.8. The molecule has 0 spiro atoms. The molecule has 6 nitrogen and oxygen atoms in total. The summed E-state index contributed by atoms with van der Waals surface area (Å²) in [5, 5.41) is 23.3. The third kappa shape index (κ3) is 67.3. The first-order valence-electron chi connectivity index (χ1n) is 37.1. The molecule has 0 fully saturated rings. The van der Waals surface area contributed by atoms with Gasteiger partial charge in [-0.2, -0.15) is 0 Å². The normalized spacial score (nSPS) is 12.6. The molecule has 0 saturated carbocycles. The maximum absolute atomic E-state index is 12.5. The van der Waals surface area contributed by atoms with E-state index in [0.717, 1.165) is 44.9 Å². The summed E-state index contributed by atoms with van der Waals surface area (Å²) in [5.41, 5.74) is 0. The Kier molecular flexibility index (Phi) is 69.4. The van der Waals surface area contributed by atoms with Crippen LogP contribution in [0.4, 0.5) is 0 Å². The van der Waals surface area contributed by atoms with Crippen molar-refractivity contribution in [2.24, 2.45) is 0 Å². The number of ether oxygens (including phenoxy) is 1. The topological polar surface area (TPSA) is 95.9 Å². The number of aliphatic hydroxyl groups excluding tert-OH is 2. The first-order chi connectivity index (χ1) is 40.0. The van der Waals surface area contributed by atoms with Crippen LogP contribution in [0.5, 0.6) is 0 Å². The molecule has 0 bridgehead atoms. The predicted molar refractivity (Wildman–Crippen MR) is 356 cm³/mol. The Labute approximate surface area is 507 Å². The van der Waals surface area contributed by atoms with Gasteiger partial charge in [-0.1, -0.05) is 372 Å². The van der Waals surface area contributed by atoms with Crippen LogP contribution in [-0.2, 0) is 14.3 Å². The fourth-order valence-electron chi connectivity index (χ4n) is 11.8. The van der Waals surface area contributed by atoms with Crippen LogP contribution in [0.15, 0.2) is 24.3 Å². The fraction of sp³-hybridized carbons (Fsp3) is 0.920. The van der Waals surface area contributed by atoms with E-state index < -0.39 is 12.1 Å². The zero-order valence-electron chi connectivity index (χ0n) is 55.0. The molecule has 0 aliphatic heterocycles. The smallest absolute Gasteiger partial charge is 0.305 e. The summed E-state index contributed by atoms with van der Waals surface area (Å²) in [5.74, 6) is -0.0494. The van der Waals surface area contributed by atoms with Crippen molar-refractivity contribution in [3.63, 3.8) is 0 Å². The van der Waals surface area contributed by atoms with Crippen molar-refractivity contribution in [2.75, 3.05) is 13.2 Å². The van der Waals surface area contributed by atoms with Gasteiger partial charge in [-0.3, -0.25) is 9.59 Å². The Hall–Kier alpha value is -1.66. The maximum Gasteiger partial charge on any atom is 0.305 e. The molecule has 0 aromatic rings. The molecular formula is C75H145NO5. The number of hydrogen-bond acceptors (Lipinski definition) is 5. The van der Waals surface area contributed by atoms with Crippen molar-refractivity contribution in [1.82, 2.24) is 5.32 Å². The molecule has 3 N–H and O–H groups in total. The van der Waals surface area contributed by atoms with Gasteiger partial charge in [0, 0.05) is 12.8 Å². The summed E-state index contributed by atoms with van der Waals surface area (Å²) in [6.45, 7) is 4.94. The minimum absolute atomic E-state index is 0.0127. The van der Waals surface area contributed by atoms with Crippen LogP contribution in [0.2, 0.25) is 0 Å². The second-order valence-corrected chi connectivity index (χ2v) is 25.6. The molecule has 0 saturated heterocycles. The van der Waals surface area contributed by atoms with E-state index in [4.69, 9.17) is 4.74 Å². The van der Waals surface area contributed by atoms with Gasteiger partial charge in [-0.05, 0) is 57.8 Å². The number of carbonyl (C=O) groups is 2. The molecule has 0 aromatic carbocycles. The van der Waals surface area contributed by atoms with Gasteiger partial charge in [0.05, 0.1) is 25.4 Å². The van der Waals surface area contributed by atoms with Gasteiger partial charge in [0.1, 0.15) is 0 Å². The second-order valence-electron chi connectivity index (χ2n) is 25.6. The van der Waals surface area contributed by atoms with E-state index in [9.17, 15) is 19.8 Å². The number of unbranched alkanes of at least 4 members (excludes halogenated alkanes) is 57. The minimum atomic E-state index is -0.845. The van der Waals surface area contributed by atoms with Gasteiger partial charge < -0.3 is 20.3 Å². The Morgan fingerprint density at radius 2 is 0.580 bits per heavy atom. The van der Waals surface area contributed by atoms with Gasteiger partial charge in [-0.25, -0.2) is 0 Å². The predicted octanol–water partition coefficient (Wildman–Crippen LogP) is 24.1. The monoisotopic (exact) mass is 1140 g/mol. The number of nitrogens with one attached hydrogen (secondary N) is 1. The number of esters is 1. The number of allylic oxidation sites excluding steroid dienone is 3. The number of rotatable bonds is 70. The van der Waals surface area contributed by atoms with E-state index in [1.54, 1.807) is 6.08 Å². The Morgan fingerprint density at radius 1 is 0.333 bits per heavy atom. The summed E-state index contributed by atoms with van der Waals surface area (Å²) in [7, 11) is 0. The lowest BCUT2D eigenvalue weighted by molar-refractivity contribution is -0.143. The van der Waals surface area contributed by atoms with Gasteiger partial charge in [0.25, 0.3) is 0 Å². The SMILES string of the molecule is CCCCCCCC/C=C\CCCCCCCCCC(=O)OCCCCCCCCCCCCCCCCCCCCCCCCCCC(=O)NC(CO)C(O)/C=C/CCCCCCCCCCCCCCCCCCCCCCC. The van der Waals surface area contributed by atoms with Gasteiger partial charge in [0.15, 0.2) is 0 Å². The van der Waals surface area contributed by atoms with Crippen LogP contribution < -0.4 is 5.32 Å². The molecule has 0 radical (unpaired) electrons. The standard InChI is InChI=1S/C75H145NO5/c1-3-5-7-9-11-13-15-17-19-21-22-23-26-29-32-36-39-43-47-51-55-59-63-67-73(78)72(71-77)76-74(79)68-64-60-56-52-48-44-40-37-33-30-27-24-25-28-31-34-38-42-46-50-54-58-62-66-70-81-75(80)69-65-61-57-53-49-45-41-35-20-18-16-14-12-10-8-6-4-2/h18,20,63,67,72-73,77-78H,3-17,19,21-62,64-66,68-71H2,1-2H3,(H,76,79)/b20-18-,67-63+. The summed E-state index contributed by atoms with van der Waals surface area (Å²) < 4.78 is 5.50. The highest BCUT2D eigenvalue weighted by Gasteiger charge is 2.18. The van der Waals surface area contributed by atoms with E-state index in [0.29, 0.717) is 19.4 Å². The van der Waals surface area contributed by atoms with Crippen LogP contribution in [0.1, 0.15) is 418 Å². The quantitative estimate of drug-likeness (QED) is 0.0320. The molecule has 0 aliphatic rings. The Morgan fingerprint density at radius 3 is 0.877 bits per heavy atom. The van der Waals surface area contributed by atoms with Crippen molar-refractivity contribution in [3.8, 4) is 0 Å². The van der Waals surface area contributed by atoms with Crippen molar-refractivity contribution in [3.05, 3.63) is 24.3 Å². The first-order valence-corrected chi connectivity index (χ1v) is 37.1. The highest BCUT2D eigenvalue weighted by atomic mass is 16.5. The van der Waals surface area contributed by atoms with E-state index in [1.165, 1.54) is 347 Å². The molecule has 1 amide bonds. The molecule has 6 heteroatoms. The number of amides is 1. The molecular weight excluding hydrogens is 995 g/mol. The largest absolute Gasteiger partial charge is 0.466 e. The zero-order valence-corrected chi connectivity index (χ0v) is 55.0. The fourth-order valence-corrected chi connectivity index (χ4v) is 11.8. The number of aliphatic hydroxyl groups is 2. The van der Waals surface area contributed by atoms with Crippen LogP contribution >= 0.6 is 0 Å². The number of carbonyl (C=O) groups excluding carboxylic acids is 2. The molecule has 81 heavy (non-hydrogen) atoms. The molecule has 2 unspecified atom stereocenters. The zero-order chi connectivity index (χ0) is 58.5. The summed E-state index contributed by atoms with van der Waals surface area (Å²) in [6.07, 6.45) is 89.8.